The Bertz CT molecular complexity index is 1960. The molecule has 0 radical (unpaired) electrons. The van der Waals surface area contributed by atoms with E-state index < -0.39 is 44.5 Å². The van der Waals surface area contributed by atoms with E-state index in [0.29, 0.717) is 42.2 Å². The van der Waals surface area contributed by atoms with Gasteiger partial charge in [0.05, 0.1) is 38.3 Å². The average molecular weight is 654 g/mol. The Morgan fingerprint density at radius 2 is 1.91 bits per heavy atom. The molecule has 3 aliphatic carbocycles. The van der Waals surface area contributed by atoms with E-state index in [1.54, 1.807) is 30.1 Å². The van der Waals surface area contributed by atoms with Crippen molar-refractivity contribution in [2.75, 3.05) is 6.54 Å². The van der Waals surface area contributed by atoms with Crippen molar-refractivity contribution in [1.82, 2.24) is 33.8 Å². The Hall–Kier alpha value is -4.17. The van der Waals surface area contributed by atoms with Gasteiger partial charge in [-0.2, -0.15) is 18.3 Å². The molecule has 0 saturated heterocycles. The van der Waals surface area contributed by atoms with Crippen LogP contribution in [0.25, 0.3) is 11.8 Å². The fourth-order valence-electron chi connectivity index (χ4n) is 6.73. The quantitative estimate of drug-likeness (QED) is 0.145. The van der Waals surface area contributed by atoms with Gasteiger partial charge in [0.25, 0.3) is 0 Å². The highest BCUT2D eigenvalue weighted by atomic mass is 32.2. The lowest BCUT2D eigenvalue weighted by molar-refractivity contribution is -0.137. The Morgan fingerprint density at radius 1 is 1.15 bits per heavy atom. The van der Waals surface area contributed by atoms with Crippen LogP contribution >= 0.6 is 0 Å². The number of fused-ring (bicyclic) bond motifs is 2. The highest BCUT2D eigenvalue weighted by Crippen LogP contribution is 2.52. The highest BCUT2D eigenvalue weighted by molar-refractivity contribution is 7.98. The first-order chi connectivity index (χ1) is 21.8. The molecule has 1 aromatic carbocycles. The van der Waals surface area contributed by atoms with Crippen molar-refractivity contribution in [1.29, 1.82) is 0 Å². The van der Waals surface area contributed by atoms with Crippen molar-refractivity contribution in [3.63, 3.8) is 0 Å². The molecule has 46 heavy (non-hydrogen) atoms. The molecule has 3 aromatic heterocycles. The summed E-state index contributed by atoms with van der Waals surface area (Å²) in [5, 5.41) is 8.94. The first kappa shape index (κ1) is 30.5. The molecule has 0 aliphatic heterocycles. The van der Waals surface area contributed by atoms with E-state index in [0.717, 1.165) is 36.7 Å². The van der Waals surface area contributed by atoms with Gasteiger partial charge in [0.2, 0.25) is 5.16 Å². The van der Waals surface area contributed by atoms with E-state index in [9.17, 15) is 26.6 Å². The molecule has 0 amide bonds. The van der Waals surface area contributed by atoms with E-state index in [4.69, 9.17) is 0 Å². The number of hydrogen-bond donors (Lipinski definition) is 0. The summed E-state index contributed by atoms with van der Waals surface area (Å²) < 4.78 is 74.3. The topological polar surface area (TPSA) is 98.8 Å². The molecule has 14 heteroatoms. The summed E-state index contributed by atoms with van der Waals surface area (Å²) in [5.74, 6) is 3.48. The van der Waals surface area contributed by atoms with Gasteiger partial charge in [-0.25, -0.2) is 22.6 Å². The van der Waals surface area contributed by atoms with Gasteiger partial charge < -0.3 is 0 Å². The van der Waals surface area contributed by atoms with Gasteiger partial charge >= 0.3 is 6.18 Å². The molecular weight excluding hydrogens is 622 g/mol. The Morgan fingerprint density at radius 3 is 2.59 bits per heavy atom. The Balaban J connectivity index is 1.33. The van der Waals surface area contributed by atoms with Crippen molar-refractivity contribution in [3.05, 3.63) is 89.0 Å². The van der Waals surface area contributed by atoms with Crippen LogP contribution < -0.4 is 0 Å². The number of aryl methyl sites for hydroxylation is 1. The van der Waals surface area contributed by atoms with E-state index in [1.807, 2.05) is 10.4 Å². The second kappa shape index (κ2) is 11.0. The lowest BCUT2D eigenvalue weighted by Gasteiger charge is -2.47. The third-order valence-electron chi connectivity index (χ3n) is 9.25. The van der Waals surface area contributed by atoms with Crippen LogP contribution in [0.15, 0.2) is 65.8 Å². The first-order valence-electron chi connectivity index (χ1n) is 15.0. The lowest BCUT2D eigenvalue weighted by Crippen LogP contribution is -2.51. The molecule has 7 rings (SSSR count). The summed E-state index contributed by atoms with van der Waals surface area (Å²) in [6, 6.07) is 7.11. The van der Waals surface area contributed by atoms with Crippen LogP contribution in [0.3, 0.4) is 0 Å². The molecule has 2 fully saturated rings. The zero-order valence-electron chi connectivity index (χ0n) is 25.0. The van der Waals surface area contributed by atoms with Crippen LogP contribution in [0.5, 0.6) is 0 Å². The third-order valence-corrected chi connectivity index (χ3v) is 11.2. The van der Waals surface area contributed by atoms with E-state index in [1.165, 1.54) is 23.1 Å². The maximum absolute atomic E-state index is 14.6. The normalized spacial score (nSPS) is 22.6. The number of benzene rings is 1. The van der Waals surface area contributed by atoms with Gasteiger partial charge in [-0.05, 0) is 98.4 Å². The maximum atomic E-state index is 14.6. The molecule has 4 aromatic rings. The van der Waals surface area contributed by atoms with Gasteiger partial charge in [-0.1, -0.05) is 5.57 Å². The van der Waals surface area contributed by atoms with E-state index >= 15 is 0 Å². The summed E-state index contributed by atoms with van der Waals surface area (Å²) in [5.41, 5.74) is 0.269. The van der Waals surface area contributed by atoms with Gasteiger partial charge in [-0.15, -0.1) is 5.10 Å². The number of ketones is 1. The summed E-state index contributed by atoms with van der Waals surface area (Å²) in [6.45, 7) is 0.476. The molecule has 2 saturated carbocycles. The molecule has 240 valence electrons. The zero-order valence-corrected chi connectivity index (χ0v) is 25.8. The minimum absolute atomic E-state index is 0.100. The lowest BCUT2D eigenvalue weighted by atomic mass is 9.60. The standard InChI is InChI=1S/C32H31F4N7O2S/c1-41-19-38-30(40-41)46(2,45)42(18-20-3-4-20)26-8-5-22-14-28-21(17-39-43(28)25-9-6-24(33)7-10-25)15-31(22,16-26)29(44)27-13-23(11-12-37-27)32(34,35)36/h6-7,9-14,17,19-20,26H,2-5,8,15-16,18H2,1H3/t26-,31-,46?/m0/s1. The molecule has 0 bridgehead atoms. The van der Waals surface area contributed by atoms with Crippen molar-refractivity contribution in [2.45, 2.75) is 55.9 Å². The van der Waals surface area contributed by atoms with Crippen molar-refractivity contribution in [3.8, 4) is 5.69 Å². The summed E-state index contributed by atoms with van der Waals surface area (Å²) in [7, 11) is -1.49. The first-order valence-corrected chi connectivity index (χ1v) is 16.7. The number of rotatable bonds is 8. The van der Waals surface area contributed by atoms with Gasteiger partial charge in [0, 0.05) is 25.8 Å². The SMILES string of the molecule is C=S(=O)(c1ncn(C)n1)N(CC1CC1)[C@H]1CCC2=Cc3c(cnn3-c3ccc(F)cc3)C[C@]2(C(=O)c2cc(C(F)(F)F)ccn2)C1. The van der Waals surface area contributed by atoms with Crippen LogP contribution in [0.1, 0.15) is 59.4 Å². The second-order valence-electron chi connectivity index (χ2n) is 12.4. The van der Waals surface area contributed by atoms with Crippen LogP contribution in [0.2, 0.25) is 0 Å². The minimum atomic E-state index is -4.66. The van der Waals surface area contributed by atoms with Gasteiger partial charge in [-0.3, -0.25) is 14.5 Å². The number of Topliss-reactive ketones (excluding diaryl/α,β-unsaturated/α-hetero) is 1. The summed E-state index contributed by atoms with van der Waals surface area (Å²) in [6.07, 6.45) is 4.55. The number of pyridine rings is 1. The number of hydrogen-bond acceptors (Lipinski definition) is 6. The van der Waals surface area contributed by atoms with Gasteiger partial charge in [0.15, 0.2) is 5.78 Å². The predicted octanol–water partition coefficient (Wildman–Crippen LogP) is 5.32. The fourth-order valence-corrected chi connectivity index (χ4v) is 8.52. The number of allylic oxidation sites excluding steroid dienone is 1. The summed E-state index contributed by atoms with van der Waals surface area (Å²) in [4.78, 5) is 23.0. The number of carbonyl (C=O) groups is 1. The monoisotopic (exact) mass is 653 g/mol. The molecule has 9 nitrogen and oxygen atoms in total. The molecule has 3 aliphatic rings. The maximum Gasteiger partial charge on any atom is 0.416 e. The minimum Gasteiger partial charge on any atom is -0.291 e. The molecule has 0 N–H and O–H groups in total. The van der Waals surface area contributed by atoms with Crippen LogP contribution in [-0.2, 0) is 29.4 Å². The van der Waals surface area contributed by atoms with Crippen molar-refractivity contribution < 1.29 is 26.6 Å². The van der Waals surface area contributed by atoms with Crippen molar-refractivity contribution in [2.24, 2.45) is 18.4 Å². The Kier molecular flexibility index (Phi) is 7.27. The molecule has 0 spiro atoms. The van der Waals surface area contributed by atoms with Gasteiger partial charge in [0.1, 0.15) is 17.8 Å². The van der Waals surface area contributed by atoms with E-state index in [2.05, 4.69) is 26.0 Å². The average Bonchev–Trinajstić information content (AvgIpc) is 3.60. The number of nitrogens with zero attached hydrogens (tertiary/aromatic N) is 7. The summed E-state index contributed by atoms with van der Waals surface area (Å²) >= 11 is 0. The number of alkyl halides is 3. The molecule has 3 heterocycles. The number of halogens is 4. The molecule has 3 atom stereocenters. The largest absolute Gasteiger partial charge is 0.416 e. The van der Waals surface area contributed by atoms with E-state index in [-0.39, 0.29) is 23.7 Å². The number of carbonyl (C=O) groups excluding carboxylic acids is 1. The third kappa shape index (κ3) is 5.36. The number of aromatic nitrogens is 6. The van der Waals surface area contributed by atoms with Crippen LogP contribution in [-0.4, -0.2) is 62.3 Å². The highest BCUT2D eigenvalue weighted by Gasteiger charge is 2.52. The molecular formula is C32H31F4N7O2S. The Labute approximate surface area is 263 Å². The zero-order chi connectivity index (χ0) is 32.4. The van der Waals surface area contributed by atoms with Crippen LogP contribution in [0, 0.1) is 17.2 Å². The fraction of sp³-hybridized carbons (Fsp3) is 0.375. The second-order valence-corrected chi connectivity index (χ2v) is 14.5. The predicted molar refractivity (Wildman–Crippen MR) is 163 cm³/mol. The molecule has 1 unspecified atom stereocenters. The smallest absolute Gasteiger partial charge is 0.291 e. The van der Waals surface area contributed by atoms with Crippen LogP contribution in [0.4, 0.5) is 17.6 Å². The van der Waals surface area contributed by atoms with Crippen molar-refractivity contribution >= 4 is 27.4 Å².